The summed E-state index contributed by atoms with van der Waals surface area (Å²) in [7, 11) is -0.769. The van der Waals surface area contributed by atoms with Gasteiger partial charge in [0.15, 0.2) is 0 Å². The summed E-state index contributed by atoms with van der Waals surface area (Å²) in [6.07, 6.45) is 3.19. The summed E-state index contributed by atoms with van der Waals surface area (Å²) in [4.78, 5) is 27.0. The molecule has 0 aliphatic carbocycles. The van der Waals surface area contributed by atoms with Gasteiger partial charge in [-0.15, -0.1) is 0 Å². The molecule has 2 aromatic carbocycles. The largest absolute Gasteiger partial charge is 0.371 e. The van der Waals surface area contributed by atoms with E-state index < -0.39 is 15.9 Å². The average molecular weight is 459 g/mol. The first-order valence-electron chi connectivity index (χ1n) is 10.6. The minimum Gasteiger partial charge on any atom is -0.371 e. The number of hydrogen-bond acceptors (Lipinski definition) is 5. The predicted octanol–water partition coefficient (Wildman–Crippen LogP) is 3.45. The van der Waals surface area contributed by atoms with Crippen LogP contribution in [0.3, 0.4) is 0 Å². The van der Waals surface area contributed by atoms with Gasteiger partial charge in [-0.2, -0.15) is 0 Å². The Balaban J connectivity index is 2.02. The number of nitrogens with one attached hydrogen (secondary N) is 2. The molecule has 0 spiro atoms. The lowest BCUT2D eigenvalue weighted by Gasteiger charge is -2.30. The van der Waals surface area contributed by atoms with Crippen LogP contribution >= 0.6 is 0 Å². The molecule has 2 amide bonds. The van der Waals surface area contributed by atoms with E-state index >= 15 is 0 Å². The van der Waals surface area contributed by atoms with Crippen molar-refractivity contribution in [2.24, 2.45) is 0 Å². The van der Waals surface area contributed by atoms with Crippen LogP contribution in [0, 0.1) is 6.92 Å². The van der Waals surface area contributed by atoms with Gasteiger partial charge in [-0.1, -0.05) is 6.07 Å². The van der Waals surface area contributed by atoms with Crippen LogP contribution in [0.15, 0.2) is 41.3 Å². The van der Waals surface area contributed by atoms with Crippen LogP contribution in [-0.2, 0) is 14.8 Å². The van der Waals surface area contributed by atoms with Crippen LogP contribution in [0.2, 0.25) is 0 Å². The summed E-state index contributed by atoms with van der Waals surface area (Å²) in [5.41, 5.74) is 2.89. The third kappa shape index (κ3) is 5.11. The van der Waals surface area contributed by atoms with Crippen LogP contribution in [0.5, 0.6) is 0 Å². The highest BCUT2D eigenvalue weighted by molar-refractivity contribution is 7.89. The predicted molar refractivity (Wildman–Crippen MR) is 127 cm³/mol. The Morgan fingerprint density at radius 3 is 2.19 bits per heavy atom. The lowest BCUT2D eigenvalue weighted by Crippen LogP contribution is -2.32. The first-order valence-corrected chi connectivity index (χ1v) is 12.1. The van der Waals surface area contributed by atoms with Crippen LogP contribution in [0.4, 0.5) is 17.1 Å². The Morgan fingerprint density at radius 2 is 1.59 bits per heavy atom. The van der Waals surface area contributed by atoms with Crippen molar-refractivity contribution in [3.8, 4) is 0 Å². The van der Waals surface area contributed by atoms with Crippen molar-refractivity contribution >= 4 is 38.9 Å². The van der Waals surface area contributed by atoms with E-state index in [9.17, 15) is 18.0 Å². The summed E-state index contributed by atoms with van der Waals surface area (Å²) < 4.78 is 26.5. The molecule has 9 heteroatoms. The van der Waals surface area contributed by atoms with Crippen LogP contribution in [0.1, 0.15) is 42.1 Å². The van der Waals surface area contributed by atoms with Crippen LogP contribution in [0.25, 0.3) is 0 Å². The fraction of sp³-hybridized carbons (Fsp3) is 0.391. The Bertz CT molecular complexity index is 1120. The maximum atomic E-state index is 13.4. The van der Waals surface area contributed by atoms with Gasteiger partial charge in [0, 0.05) is 51.2 Å². The highest BCUT2D eigenvalue weighted by Gasteiger charge is 2.24. The van der Waals surface area contributed by atoms with Crippen molar-refractivity contribution in [3.05, 3.63) is 47.5 Å². The van der Waals surface area contributed by atoms with E-state index in [0.29, 0.717) is 22.5 Å². The van der Waals surface area contributed by atoms with E-state index in [-0.39, 0.29) is 10.8 Å². The van der Waals surface area contributed by atoms with Crippen LogP contribution < -0.4 is 15.5 Å². The molecule has 0 aromatic heterocycles. The zero-order valence-electron chi connectivity index (χ0n) is 18.9. The molecule has 0 bridgehead atoms. The number of piperidine rings is 1. The quantitative estimate of drug-likeness (QED) is 0.691. The van der Waals surface area contributed by atoms with E-state index in [1.165, 1.54) is 27.1 Å². The summed E-state index contributed by atoms with van der Waals surface area (Å²) >= 11 is 0. The molecular formula is C23H30N4O4S. The number of carbonyl (C=O) groups excluding carboxylic acids is 2. The summed E-state index contributed by atoms with van der Waals surface area (Å²) in [5, 5.41) is 5.65. The van der Waals surface area contributed by atoms with Crippen LogP contribution in [-0.4, -0.2) is 51.7 Å². The second kappa shape index (κ2) is 9.70. The molecule has 1 aliphatic heterocycles. The van der Waals surface area contributed by atoms with Gasteiger partial charge >= 0.3 is 0 Å². The molecule has 3 rings (SSSR count). The minimum absolute atomic E-state index is 0.0668. The number of amides is 2. The van der Waals surface area contributed by atoms with E-state index in [1.54, 1.807) is 37.3 Å². The number of nitrogens with zero attached hydrogens (tertiary/aromatic N) is 2. The zero-order valence-corrected chi connectivity index (χ0v) is 19.8. The molecule has 2 N–H and O–H groups in total. The Labute approximate surface area is 189 Å². The summed E-state index contributed by atoms with van der Waals surface area (Å²) in [6, 6.07) is 9.97. The monoisotopic (exact) mass is 458 g/mol. The molecule has 1 saturated heterocycles. The van der Waals surface area contributed by atoms with Gasteiger partial charge in [-0.25, -0.2) is 12.7 Å². The van der Waals surface area contributed by atoms with Crippen molar-refractivity contribution in [2.75, 3.05) is 42.7 Å². The van der Waals surface area contributed by atoms with Crippen molar-refractivity contribution < 1.29 is 18.0 Å². The van der Waals surface area contributed by atoms with Gasteiger partial charge in [0.1, 0.15) is 0 Å². The third-order valence-corrected chi connectivity index (χ3v) is 7.39. The van der Waals surface area contributed by atoms with E-state index in [2.05, 4.69) is 15.5 Å². The number of sulfonamides is 1. The van der Waals surface area contributed by atoms with Gasteiger partial charge in [0.05, 0.1) is 10.5 Å². The molecule has 2 aromatic rings. The lowest BCUT2D eigenvalue weighted by atomic mass is 10.1. The second-order valence-electron chi connectivity index (χ2n) is 8.13. The van der Waals surface area contributed by atoms with Crippen molar-refractivity contribution in [1.82, 2.24) is 4.31 Å². The Kier molecular flexibility index (Phi) is 7.20. The number of hydrogen-bond donors (Lipinski definition) is 2. The Hall–Kier alpha value is -2.91. The number of rotatable bonds is 6. The molecule has 0 radical (unpaired) electrons. The fourth-order valence-electron chi connectivity index (χ4n) is 3.76. The highest BCUT2D eigenvalue weighted by Crippen LogP contribution is 2.30. The van der Waals surface area contributed by atoms with E-state index in [0.717, 1.165) is 42.3 Å². The SMILES string of the molecule is CC(=O)Nc1cccc(NC(=O)c2cc(S(=O)(=O)N(C)C)ccc2N2CCCCC2)c1C. The lowest BCUT2D eigenvalue weighted by molar-refractivity contribution is -0.114. The molecule has 1 heterocycles. The number of carbonyl (C=O) groups is 2. The molecule has 1 aliphatic rings. The summed E-state index contributed by atoms with van der Waals surface area (Å²) in [6.45, 7) is 4.86. The van der Waals surface area contributed by atoms with Crippen molar-refractivity contribution in [1.29, 1.82) is 0 Å². The van der Waals surface area contributed by atoms with E-state index in [1.807, 2.05) is 0 Å². The third-order valence-electron chi connectivity index (χ3n) is 5.58. The maximum Gasteiger partial charge on any atom is 0.257 e. The molecule has 1 fully saturated rings. The van der Waals surface area contributed by atoms with Gasteiger partial charge in [-0.3, -0.25) is 9.59 Å². The number of anilines is 3. The first-order chi connectivity index (χ1) is 15.1. The van der Waals surface area contributed by atoms with Gasteiger partial charge < -0.3 is 15.5 Å². The van der Waals surface area contributed by atoms with Gasteiger partial charge in [0.25, 0.3) is 5.91 Å². The topological polar surface area (TPSA) is 98.8 Å². The second-order valence-corrected chi connectivity index (χ2v) is 10.3. The normalized spacial score (nSPS) is 14.3. The zero-order chi connectivity index (χ0) is 23.5. The molecule has 0 unspecified atom stereocenters. The fourth-order valence-corrected chi connectivity index (χ4v) is 4.69. The van der Waals surface area contributed by atoms with Crippen molar-refractivity contribution in [3.63, 3.8) is 0 Å². The molecule has 172 valence electrons. The van der Waals surface area contributed by atoms with E-state index in [4.69, 9.17) is 0 Å². The van der Waals surface area contributed by atoms with Gasteiger partial charge in [-0.05, 0) is 62.1 Å². The smallest absolute Gasteiger partial charge is 0.257 e. The molecular weight excluding hydrogens is 428 g/mol. The highest BCUT2D eigenvalue weighted by atomic mass is 32.2. The first kappa shape index (κ1) is 23.7. The average Bonchev–Trinajstić information content (AvgIpc) is 2.76. The molecule has 8 nitrogen and oxygen atoms in total. The maximum absolute atomic E-state index is 13.4. The summed E-state index contributed by atoms with van der Waals surface area (Å²) in [5.74, 6) is -0.602. The standard InChI is InChI=1S/C23H30N4O4S/c1-16-20(24-17(2)28)9-8-10-21(16)25-23(29)19-15-18(32(30,31)26(3)4)11-12-22(19)27-13-6-5-7-14-27/h8-12,15H,5-7,13-14H2,1-4H3,(H,24,28)(H,25,29). The van der Waals surface area contributed by atoms with Gasteiger partial charge in [0.2, 0.25) is 15.9 Å². The molecule has 0 saturated carbocycles. The molecule has 32 heavy (non-hydrogen) atoms. The number of benzene rings is 2. The van der Waals surface area contributed by atoms with Crippen molar-refractivity contribution in [2.45, 2.75) is 38.0 Å². The molecule has 0 atom stereocenters. The minimum atomic E-state index is -3.69. The Morgan fingerprint density at radius 1 is 0.969 bits per heavy atom.